The van der Waals surface area contributed by atoms with Crippen molar-refractivity contribution < 1.29 is 18.9 Å². The van der Waals surface area contributed by atoms with Crippen molar-refractivity contribution in [3.8, 4) is 17.2 Å². The standard InChI is InChI=1S/C22H23N5O5S/c1-2-31-19-10-6-3-7-16(19)21-23-24-22(32-21)33-15-20(28)26-13-11-25(12-14-26)17-8-4-5-9-18(17)27(29)30/h3-10H,2,11-15H2,1H3. The van der Waals surface area contributed by atoms with Gasteiger partial charge in [-0.2, -0.15) is 0 Å². The van der Waals surface area contributed by atoms with Crippen LogP contribution in [0.15, 0.2) is 58.2 Å². The number of piperazine rings is 1. The summed E-state index contributed by atoms with van der Waals surface area (Å²) in [5, 5.41) is 19.7. The number of ether oxygens (including phenoxy) is 1. The molecule has 172 valence electrons. The van der Waals surface area contributed by atoms with Gasteiger partial charge in [0, 0.05) is 32.2 Å². The number of carbonyl (C=O) groups excluding carboxylic acids is 1. The molecule has 0 radical (unpaired) electrons. The van der Waals surface area contributed by atoms with E-state index in [9.17, 15) is 14.9 Å². The molecular weight excluding hydrogens is 446 g/mol. The Bertz CT molecular complexity index is 1130. The van der Waals surface area contributed by atoms with E-state index in [2.05, 4.69) is 10.2 Å². The molecule has 2 heterocycles. The van der Waals surface area contributed by atoms with Crippen LogP contribution >= 0.6 is 11.8 Å². The van der Waals surface area contributed by atoms with Gasteiger partial charge in [-0.05, 0) is 25.1 Å². The molecule has 10 nitrogen and oxygen atoms in total. The number of amides is 1. The third-order valence-corrected chi connectivity index (χ3v) is 6.00. The van der Waals surface area contributed by atoms with Crippen molar-refractivity contribution in [3.63, 3.8) is 0 Å². The Hall–Kier alpha value is -3.60. The highest BCUT2D eigenvalue weighted by molar-refractivity contribution is 7.99. The molecule has 4 rings (SSSR count). The van der Waals surface area contributed by atoms with Gasteiger partial charge in [-0.15, -0.1) is 10.2 Å². The van der Waals surface area contributed by atoms with Gasteiger partial charge < -0.3 is 19.0 Å². The van der Waals surface area contributed by atoms with Crippen LogP contribution < -0.4 is 9.64 Å². The quantitative estimate of drug-likeness (QED) is 0.278. The zero-order chi connectivity index (χ0) is 23.2. The first-order valence-corrected chi connectivity index (χ1v) is 11.5. The highest BCUT2D eigenvalue weighted by Crippen LogP contribution is 2.31. The molecule has 2 aromatic carbocycles. The predicted molar refractivity (Wildman–Crippen MR) is 124 cm³/mol. The Labute approximate surface area is 194 Å². The van der Waals surface area contributed by atoms with E-state index in [0.29, 0.717) is 60.9 Å². The Morgan fingerprint density at radius 3 is 2.61 bits per heavy atom. The topological polar surface area (TPSA) is 115 Å². The first-order chi connectivity index (χ1) is 16.1. The highest BCUT2D eigenvalue weighted by atomic mass is 32.2. The fraction of sp³-hybridized carbons (Fsp3) is 0.318. The summed E-state index contributed by atoms with van der Waals surface area (Å²) in [6, 6.07) is 14.1. The van der Waals surface area contributed by atoms with Gasteiger partial charge in [0.2, 0.25) is 5.91 Å². The summed E-state index contributed by atoms with van der Waals surface area (Å²) in [7, 11) is 0. The molecule has 0 unspecified atom stereocenters. The second-order valence-corrected chi connectivity index (χ2v) is 8.13. The lowest BCUT2D eigenvalue weighted by Crippen LogP contribution is -2.49. The Morgan fingerprint density at radius 2 is 1.85 bits per heavy atom. The number of thioether (sulfide) groups is 1. The molecule has 0 bridgehead atoms. The van der Waals surface area contributed by atoms with Gasteiger partial charge in [-0.3, -0.25) is 14.9 Å². The molecule has 0 N–H and O–H groups in total. The lowest BCUT2D eigenvalue weighted by Gasteiger charge is -2.35. The number of anilines is 1. The molecule has 0 spiro atoms. The maximum atomic E-state index is 12.7. The van der Waals surface area contributed by atoms with Gasteiger partial charge in [0.25, 0.3) is 16.8 Å². The van der Waals surface area contributed by atoms with Crippen molar-refractivity contribution in [3.05, 3.63) is 58.6 Å². The molecule has 0 atom stereocenters. The zero-order valence-electron chi connectivity index (χ0n) is 18.0. The summed E-state index contributed by atoms with van der Waals surface area (Å²) >= 11 is 1.19. The minimum absolute atomic E-state index is 0.0447. The van der Waals surface area contributed by atoms with E-state index >= 15 is 0 Å². The summed E-state index contributed by atoms with van der Waals surface area (Å²) < 4.78 is 11.3. The van der Waals surface area contributed by atoms with E-state index in [1.165, 1.54) is 17.8 Å². The number of nitrogens with zero attached hydrogens (tertiary/aromatic N) is 5. The minimum Gasteiger partial charge on any atom is -0.493 e. The Morgan fingerprint density at radius 1 is 1.12 bits per heavy atom. The summed E-state index contributed by atoms with van der Waals surface area (Å²) in [4.78, 5) is 27.3. The van der Waals surface area contributed by atoms with Crippen molar-refractivity contribution >= 4 is 29.0 Å². The van der Waals surface area contributed by atoms with Crippen molar-refractivity contribution in [2.75, 3.05) is 43.4 Å². The van der Waals surface area contributed by atoms with Gasteiger partial charge in [0.15, 0.2) is 0 Å². The number of rotatable bonds is 8. The van der Waals surface area contributed by atoms with Crippen molar-refractivity contribution in [2.45, 2.75) is 12.1 Å². The van der Waals surface area contributed by atoms with E-state index in [1.54, 1.807) is 23.1 Å². The molecule has 33 heavy (non-hydrogen) atoms. The smallest absolute Gasteiger partial charge is 0.292 e. The number of carbonyl (C=O) groups is 1. The predicted octanol–water partition coefficient (Wildman–Crippen LogP) is 3.48. The summed E-state index contributed by atoms with van der Waals surface area (Å²) in [6.07, 6.45) is 0. The lowest BCUT2D eigenvalue weighted by molar-refractivity contribution is -0.384. The fourth-order valence-corrected chi connectivity index (χ4v) is 4.27. The first kappa shape index (κ1) is 22.6. The number of aromatic nitrogens is 2. The number of nitro groups is 1. The van der Waals surface area contributed by atoms with Crippen LogP contribution in [0.3, 0.4) is 0 Å². The largest absolute Gasteiger partial charge is 0.493 e. The van der Waals surface area contributed by atoms with Crippen molar-refractivity contribution in [1.82, 2.24) is 15.1 Å². The molecule has 1 aromatic heterocycles. The van der Waals surface area contributed by atoms with Crippen molar-refractivity contribution in [2.24, 2.45) is 0 Å². The maximum Gasteiger partial charge on any atom is 0.292 e. The third kappa shape index (κ3) is 5.25. The molecule has 1 saturated heterocycles. The van der Waals surface area contributed by atoms with E-state index in [1.807, 2.05) is 36.1 Å². The monoisotopic (exact) mass is 469 g/mol. The second kappa shape index (κ2) is 10.3. The van der Waals surface area contributed by atoms with Crippen LogP contribution in [0.1, 0.15) is 6.92 Å². The van der Waals surface area contributed by atoms with Crippen LogP contribution in [-0.4, -0.2) is 64.5 Å². The first-order valence-electron chi connectivity index (χ1n) is 10.5. The highest BCUT2D eigenvalue weighted by Gasteiger charge is 2.26. The van der Waals surface area contributed by atoms with E-state index in [4.69, 9.17) is 9.15 Å². The Kier molecular flexibility index (Phi) is 7.08. The van der Waals surface area contributed by atoms with E-state index < -0.39 is 0 Å². The summed E-state index contributed by atoms with van der Waals surface area (Å²) in [5.74, 6) is 1.12. The SMILES string of the molecule is CCOc1ccccc1-c1nnc(SCC(=O)N2CCN(c3ccccc3[N+](=O)[O-])CC2)o1. The minimum atomic E-state index is -0.380. The third-order valence-electron chi connectivity index (χ3n) is 5.19. The van der Waals surface area contributed by atoms with Crippen LogP contribution in [0, 0.1) is 10.1 Å². The van der Waals surface area contributed by atoms with Gasteiger partial charge >= 0.3 is 0 Å². The molecule has 1 aliphatic heterocycles. The van der Waals surface area contributed by atoms with Crippen LogP contribution in [0.5, 0.6) is 5.75 Å². The molecular formula is C22H23N5O5S. The molecule has 1 fully saturated rings. The number of hydrogen-bond donors (Lipinski definition) is 0. The normalized spacial score (nSPS) is 13.7. The number of para-hydroxylation sites is 3. The van der Waals surface area contributed by atoms with Gasteiger partial charge in [0.1, 0.15) is 11.4 Å². The van der Waals surface area contributed by atoms with Crippen LogP contribution in [0.25, 0.3) is 11.5 Å². The maximum absolute atomic E-state index is 12.7. The molecule has 0 saturated carbocycles. The van der Waals surface area contributed by atoms with Crippen molar-refractivity contribution in [1.29, 1.82) is 0 Å². The zero-order valence-corrected chi connectivity index (χ0v) is 18.9. The average molecular weight is 470 g/mol. The lowest BCUT2D eigenvalue weighted by atomic mass is 10.2. The van der Waals surface area contributed by atoms with Crippen LogP contribution in [0.4, 0.5) is 11.4 Å². The summed E-state index contributed by atoms with van der Waals surface area (Å²) in [5.41, 5.74) is 1.36. The van der Waals surface area contributed by atoms with E-state index in [0.717, 1.165) is 0 Å². The molecule has 1 aliphatic rings. The average Bonchev–Trinajstić information content (AvgIpc) is 3.32. The summed E-state index contributed by atoms with van der Waals surface area (Å²) in [6.45, 7) is 4.45. The molecule has 11 heteroatoms. The molecule has 0 aliphatic carbocycles. The Balaban J connectivity index is 1.32. The number of hydrogen-bond acceptors (Lipinski definition) is 9. The van der Waals surface area contributed by atoms with Crippen LogP contribution in [-0.2, 0) is 4.79 Å². The fourth-order valence-electron chi connectivity index (χ4n) is 3.60. The van der Waals surface area contributed by atoms with Gasteiger partial charge in [-0.25, -0.2) is 0 Å². The number of benzene rings is 2. The van der Waals surface area contributed by atoms with Gasteiger partial charge in [-0.1, -0.05) is 36.0 Å². The number of nitro benzene ring substituents is 1. The van der Waals surface area contributed by atoms with Gasteiger partial charge in [0.05, 0.1) is 22.8 Å². The van der Waals surface area contributed by atoms with Crippen LogP contribution in [0.2, 0.25) is 0 Å². The molecule has 1 amide bonds. The van der Waals surface area contributed by atoms with E-state index in [-0.39, 0.29) is 22.3 Å². The second-order valence-electron chi connectivity index (χ2n) is 7.20. The molecule has 3 aromatic rings.